The summed E-state index contributed by atoms with van der Waals surface area (Å²) in [6.07, 6.45) is 0. The summed E-state index contributed by atoms with van der Waals surface area (Å²) in [6, 6.07) is 7.97. The first-order valence-corrected chi connectivity index (χ1v) is 4.66. The van der Waals surface area contributed by atoms with Crippen LogP contribution in [-0.4, -0.2) is 12.2 Å². The molecule has 2 rings (SSSR count). The fourth-order valence-corrected chi connectivity index (χ4v) is 1.33. The van der Waals surface area contributed by atoms with E-state index in [1.807, 2.05) is 13.1 Å². The summed E-state index contributed by atoms with van der Waals surface area (Å²) in [5.74, 6) is 0.397. The molecule has 0 spiro atoms. The molecule has 15 heavy (non-hydrogen) atoms. The van der Waals surface area contributed by atoms with Crippen LogP contribution in [0.3, 0.4) is 0 Å². The molecule has 1 aromatic carbocycles. The molecule has 0 bridgehead atoms. The molecule has 0 saturated carbocycles. The second-order valence-electron chi connectivity index (χ2n) is 3.22. The Labute approximate surface area is 86.9 Å². The summed E-state index contributed by atoms with van der Waals surface area (Å²) in [5.41, 5.74) is 1.66. The second kappa shape index (κ2) is 4.23. The number of benzene rings is 1. The lowest BCUT2D eigenvalue weighted by Crippen LogP contribution is -2.04. The number of nitrogens with zero attached hydrogens (tertiary/aromatic N) is 1. The van der Waals surface area contributed by atoms with Crippen LogP contribution in [0.1, 0.15) is 5.69 Å². The van der Waals surface area contributed by atoms with Crippen LogP contribution in [0, 0.1) is 5.82 Å². The molecule has 78 valence electrons. The van der Waals surface area contributed by atoms with Crippen LogP contribution in [0.4, 0.5) is 4.39 Å². The lowest BCUT2D eigenvalue weighted by molar-refractivity contribution is 0.421. The van der Waals surface area contributed by atoms with Gasteiger partial charge in [0.25, 0.3) is 0 Å². The van der Waals surface area contributed by atoms with Crippen molar-refractivity contribution in [1.29, 1.82) is 0 Å². The van der Waals surface area contributed by atoms with Crippen LogP contribution in [0.25, 0.3) is 11.3 Å². The summed E-state index contributed by atoms with van der Waals surface area (Å²) in [7, 11) is 1.84. The van der Waals surface area contributed by atoms with Crippen molar-refractivity contribution in [2.75, 3.05) is 7.05 Å². The lowest BCUT2D eigenvalue weighted by Gasteiger charge is -1.93. The highest BCUT2D eigenvalue weighted by atomic mass is 19.1. The molecule has 0 aliphatic carbocycles. The van der Waals surface area contributed by atoms with Gasteiger partial charge < -0.3 is 9.84 Å². The SMILES string of the molecule is CNCc1cc(-c2ccc(F)cc2)on1. The largest absolute Gasteiger partial charge is 0.356 e. The zero-order valence-electron chi connectivity index (χ0n) is 8.33. The maximum Gasteiger partial charge on any atom is 0.167 e. The Morgan fingerprint density at radius 3 is 2.73 bits per heavy atom. The van der Waals surface area contributed by atoms with Gasteiger partial charge in [-0.25, -0.2) is 4.39 Å². The van der Waals surface area contributed by atoms with Gasteiger partial charge in [0.2, 0.25) is 0 Å². The summed E-state index contributed by atoms with van der Waals surface area (Å²) < 4.78 is 17.8. The van der Waals surface area contributed by atoms with Crippen LogP contribution in [0.2, 0.25) is 0 Å². The van der Waals surface area contributed by atoms with E-state index in [4.69, 9.17) is 4.52 Å². The molecular formula is C11H11FN2O. The minimum absolute atomic E-state index is 0.256. The number of hydrogen-bond acceptors (Lipinski definition) is 3. The van der Waals surface area contributed by atoms with Gasteiger partial charge in [0.15, 0.2) is 5.76 Å². The second-order valence-corrected chi connectivity index (χ2v) is 3.22. The van der Waals surface area contributed by atoms with Crippen molar-refractivity contribution in [3.63, 3.8) is 0 Å². The fourth-order valence-electron chi connectivity index (χ4n) is 1.33. The third-order valence-corrected chi connectivity index (χ3v) is 2.05. The smallest absolute Gasteiger partial charge is 0.167 e. The minimum Gasteiger partial charge on any atom is -0.356 e. The predicted molar refractivity (Wildman–Crippen MR) is 54.7 cm³/mol. The standard InChI is InChI=1S/C11H11FN2O/c1-13-7-10-6-11(15-14-10)8-2-4-9(12)5-3-8/h2-6,13H,7H2,1H3. The molecular weight excluding hydrogens is 195 g/mol. The molecule has 1 N–H and O–H groups in total. The van der Waals surface area contributed by atoms with Crippen LogP contribution in [-0.2, 0) is 6.54 Å². The van der Waals surface area contributed by atoms with Crippen molar-refractivity contribution in [1.82, 2.24) is 10.5 Å². The van der Waals surface area contributed by atoms with Crippen molar-refractivity contribution < 1.29 is 8.91 Å². The zero-order valence-corrected chi connectivity index (χ0v) is 8.33. The van der Waals surface area contributed by atoms with Gasteiger partial charge in [-0.2, -0.15) is 0 Å². The molecule has 0 saturated heterocycles. The van der Waals surface area contributed by atoms with Crippen molar-refractivity contribution in [2.24, 2.45) is 0 Å². The molecule has 2 aromatic rings. The first kappa shape index (κ1) is 9.86. The predicted octanol–water partition coefficient (Wildman–Crippen LogP) is 2.20. The molecule has 0 fully saturated rings. The Morgan fingerprint density at radius 1 is 1.33 bits per heavy atom. The third kappa shape index (κ3) is 2.22. The van der Waals surface area contributed by atoms with E-state index >= 15 is 0 Å². The van der Waals surface area contributed by atoms with Gasteiger partial charge in [0.05, 0.1) is 5.69 Å². The third-order valence-electron chi connectivity index (χ3n) is 2.05. The molecule has 0 atom stereocenters. The van der Waals surface area contributed by atoms with E-state index in [-0.39, 0.29) is 5.82 Å². The molecule has 1 aromatic heterocycles. The van der Waals surface area contributed by atoms with E-state index in [2.05, 4.69) is 10.5 Å². The first-order chi connectivity index (χ1) is 7.29. The van der Waals surface area contributed by atoms with E-state index in [0.29, 0.717) is 12.3 Å². The van der Waals surface area contributed by atoms with Gasteiger partial charge in [0, 0.05) is 18.2 Å². The lowest BCUT2D eigenvalue weighted by atomic mass is 10.1. The fraction of sp³-hybridized carbons (Fsp3) is 0.182. The zero-order chi connectivity index (χ0) is 10.7. The summed E-state index contributed by atoms with van der Waals surface area (Å²) >= 11 is 0. The number of nitrogens with one attached hydrogen (secondary N) is 1. The van der Waals surface area contributed by atoms with Gasteiger partial charge in [-0.3, -0.25) is 0 Å². The Hall–Kier alpha value is -1.68. The monoisotopic (exact) mass is 206 g/mol. The molecule has 0 amide bonds. The molecule has 0 aliphatic rings. The van der Waals surface area contributed by atoms with Crippen molar-refractivity contribution in [3.05, 3.63) is 41.8 Å². The molecule has 0 radical (unpaired) electrons. The van der Waals surface area contributed by atoms with E-state index in [1.165, 1.54) is 12.1 Å². The van der Waals surface area contributed by atoms with Crippen LogP contribution in [0.5, 0.6) is 0 Å². The summed E-state index contributed by atoms with van der Waals surface area (Å²) in [6.45, 7) is 0.657. The minimum atomic E-state index is -0.256. The number of halogens is 1. The summed E-state index contributed by atoms with van der Waals surface area (Å²) in [5, 5.41) is 6.85. The molecule has 0 unspecified atom stereocenters. The highest BCUT2D eigenvalue weighted by molar-refractivity contribution is 5.56. The Bertz CT molecular complexity index is 436. The highest BCUT2D eigenvalue weighted by Crippen LogP contribution is 2.20. The maximum absolute atomic E-state index is 12.7. The van der Waals surface area contributed by atoms with E-state index in [1.54, 1.807) is 12.1 Å². The van der Waals surface area contributed by atoms with Crippen LogP contribution >= 0.6 is 0 Å². The van der Waals surface area contributed by atoms with Crippen molar-refractivity contribution in [2.45, 2.75) is 6.54 Å². The Balaban J connectivity index is 2.25. The van der Waals surface area contributed by atoms with Gasteiger partial charge in [-0.1, -0.05) is 5.16 Å². The van der Waals surface area contributed by atoms with E-state index in [9.17, 15) is 4.39 Å². The van der Waals surface area contributed by atoms with Gasteiger partial charge in [0.1, 0.15) is 5.82 Å². The Kier molecular flexibility index (Phi) is 2.78. The maximum atomic E-state index is 12.7. The Morgan fingerprint density at radius 2 is 2.07 bits per heavy atom. The average molecular weight is 206 g/mol. The van der Waals surface area contributed by atoms with Crippen molar-refractivity contribution in [3.8, 4) is 11.3 Å². The average Bonchev–Trinajstić information content (AvgIpc) is 2.68. The van der Waals surface area contributed by atoms with Gasteiger partial charge >= 0.3 is 0 Å². The summed E-state index contributed by atoms with van der Waals surface area (Å²) in [4.78, 5) is 0. The topological polar surface area (TPSA) is 38.1 Å². The molecule has 1 heterocycles. The normalized spacial score (nSPS) is 10.5. The van der Waals surface area contributed by atoms with Crippen LogP contribution in [0.15, 0.2) is 34.9 Å². The number of aromatic nitrogens is 1. The van der Waals surface area contributed by atoms with Crippen molar-refractivity contribution >= 4 is 0 Å². The molecule has 3 nitrogen and oxygen atoms in total. The van der Waals surface area contributed by atoms with Gasteiger partial charge in [-0.15, -0.1) is 0 Å². The highest BCUT2D eigenvalue weighted by Gasteiger charge is 2.05. The quantitative estimate of drug-likeness (QED) is 0.836. The molecule has 0 aliphatic heterocycles. The van der Waals surface area contributed by atoms with E-state index < -0.39 is 0 Å². The number of hydrogen-bond donors (Lipinski definition) is 1. The van der Waals surface area contributed by atoms with E-state index in [0.717, 1.165) is 11.3 Å². The first-order valence-electron chi connectivity index (χ1n) is 4.66. The van der Waals surface area contributed by atoms with Crippen LogP contribution < -0.4 is 5.32 Å². The van der Waals surface area contributed by atoms with Gasteiger partial charge in [-0.05, 0) is 31.3 Å². The molecule has 4 heteroatoms. The number of rotatable bonds is 3.